The molecule has 0 radical (unpaired) electrons. The van der Waals surface area contributed by atoms with Crippen molar-refractivity contribution < 1.29 is 14.6 Å². The minimum Gasteiger partial charge on any atom is -0.482 e. The average molecular weight is 409 g/mol. The van der Waals surface area contributed by atoms with Crippen molar-refractivity contribution in [3.05, 3.63) is 42.9 Å². The van der Waals surface area contributed by atoms with Crippen molar-refractivity contribution in [3.8, 4) is 11.4 Å². The van der Waals surface area contributed by atoms with Gasteiger partial charge in [-0.3, -0.25) is 4.68 Å². The van der Waals surface area contributed by atoms with E-state index in [9.17, 15) is 4.79 Å². The highest BCUT2D eigenvalue weighted by atomic mass is 16.5. The first-order valence-electron chi connectivity index (χ1n) is 9.15. The van der Waals surface area contributed by atoms with Gasteiger partial charge in [0.05, 0.1) is 23.8 Å². The lowest BCUT2D eigenvalue weighted by molar-refractivity contribution is -0.139. The van der Waals surface area contributed by atoms with Crippen LogP contribution in [0.1, 0.15) is 6.42 Å². The minimum atomic E-state index is -1.04. The summed E-state index contributed by atoms with van der Waals surface area (Å²) in [6.45, 7) is 0.934. The fourth-order valence-corrected chi connectivity index (χ4v) is 2.72. The SMILES string of the molecule is NCCCn1cc(Nc2ncc3nnn(-c4ccc(OCC(=O)O)cc4)c3n2)cn1. The number of carboxylic acids is 1. The van der Waals surface area contributed by atoms with Gasteiger partial charge in [-0.05, 0) is 37.2 Å². The first-order valence-corrected chi connectivity index (χ1v) is 9.15. The molecule has 4 N–H and O–H groups in total. The highest BCUT2D eigenvalue weighted by molar-refractivity contribution is 5.72. The Bertz CT molecular complexity index is 1150. The first-order chi connectivity index (χ1) is 14.6. The number of nitrogens with zero attached hydrogens (tertiary/aromatic N) is 7. The summed E-state index contributed by atoms with van der Waals surface area (Å²) in [5.74, 6) is -0.219. The van der Waals surface area contributed by atoms with Crippen LogP contribution in [0.3, 0.4) is 0 Å². The van der Waals surface area contributed by atoms with Gasteiger partial charge in [0.25, 0.3) is 0 Å². The van der Waals surface area contributed by atoms with Gasteiger partial charge in [-0.25, -0.2) is 9.78 Å². The lowest BCUT2D eigenvalue weighted by Gasteiger charge is -2.06. The van der Waals surface area contributed by atoms with Crippen LogP contribution >= 0.6 is 0 Å². The topological polar surface area (TPSA) is 159 Å². The highest BCUT2D eigenvalue weighted by Gasteiger charge is 2.11. The third kappa shape index (κ3) is 4.33. The van der Waals surface area contributed by atoms with Gasteiger partial charge in [-0.15, -0.1) is 5.10 Å². The second-order valence-electron chi connectivity index (χ2n) is 6.34. The number of carbonyl (C=O) groups is 1. The number of aryl methyl sites for hydroxylation is 1. The Labute approximate surface area is 170 Å². The zero-order valence-corrected chi connectivity index (χ0v) is 15.8. The maximum Gasteiger partial charge on any atom is 0.341 e. The Balaban J connectivity index is 1.54. The summed E-state index contributed by atoms with van der Waals surface area (Å²) in [4.78, 5) is 19.4. The molecule has 0 spiro atoms. The number of fused-ring (bicyclic) bond motifs is 1. The monoisotopic (exact) mass is 409 g/mol. The molecule has 4 rings (SSSR count). The number of hydrogen-bond donors (Lipinski definition) is 3. The van der Waals surface area contributed by atoms with Crippen LogP contribution in [0.4, 0.5) is 11.6 Å². The van der Waals surface area contributed by atoms with Gasteiger partial charge in [-0.1, -0.05) is 5.21 Å². The largest absolute Gasteiger partial charge is 0.482 e. The van der Waals surface area contributed by atoms with E-state index in [2.05, 4.69) is 30.7 Å². The van der Waals surface area contributed by atoms with Gasteiger partial charge in [0.2, 0.25) is 5.95 Å². The van der Waals surface area contributed by atoms with Crippen molar-refractivity contribution in [3.63, 3.8) is 0 Å². The van der Waals surface area contributed by atoms with Crippen LogP contribution < -0.4 is 15.8 Å². The van der Waals surface area contributed by atoms with E-state index in [4.69, 9.17) is 15.6 Å². The number of anilines is 2. The van der Waals surface area contributed by atoms with E-state index >= 15 is 0 Å². The number of aromatic nitrogens is 7. The number of rotatable bonds is 9. The predicted molar refractivity (Wildman–Crippen MR) is 107 cm³/mol. The first kappa shape index (κ1) is 19.3. The van der Waals surface area contributed by atoms with E-state index in [-0.39, 0.29) is 0 Å². The van der Waals surface area contributed by atoms with Crippen molar-refractivity contribution in [1.82, 2.24) is 34.7 Å². The van der Waals surface area contributed by atoms with Crippen LogP contribution in [0.2, 0.25) is 0 Å². The molecule has 0 aliphatic carbocycles. The minimum absolute atomic E-state index is 0.380. The molecule has 1 aromatic carbocycles. The summed E-state index contributed by atoms with van der Waals surface area (Å²) in [7, 11) is 0. The number of ether oxygens (including phenoxy) is 1. The summed E-state index contributed by atoms with van der Waals surface area (Å²) in [6, 6.07) is 6.79. The third-order valence-corrected chi connectivity index (χ3v) is 4.12. The van der Waals surface area contributed by atoms with Crippen LogP contribution in [0, 0.1) is 0 Å². The molecule has 0 saturated carbocycles. The Morgan fingerprint density at radius 2 is 2.07 bits per heavy atom. The Hall–Kier alpha value is -4.06. The Morgan fingerprint density at radius 1 is 1.23 bits per heavy atom. The molecular formula is C18H19N9O3. The standard InChI is InChI=1S/C18H19N9O3/c19-6-1-7-26-10-12(8-21-26)22-18-20-9-15-17(23-18)27(25-24-15)13-2-4-14(5-3-13)30-11-16(28)29/h2-5,8-10H,1,6-7,11,19H2,(H,28,29)(H,20,22,23). The molecular weight excluding hydrogens is 390 g/mol. The lowest BCUT2D eigenvalue weighted by atomic mass is 10.3. The van der Waals surface area contributed by atoms with E-state index in [0.29, 0.717) is 35.1 Å². The molecule has 0 amide bonds. The van der Waals surface area contributed by atoms with Crippen molar-refractivity contribution in [2.24, 2.45) is 5.73 Å². The maximum atomic E-state index is 10.6. The summed E-state index contributed by atoms with van der Waals surface area (Å²) in [6.07, 6.45) is 5.97. The normalized spacial score (nSPS) is 11.0. The zero-order valence-electron chi connectivity index (χ0n) is 15.8. The molecule has 0 saturated heterocycles. The lowest BCUT2D eigenvalue weighted by Crippen LogP contribution is -2.09. The van der Waals surface area contributed by atoms with E-state index < -0.39 is 12.6 Å². The molecule has 3 heterocycles. The second-order valence-corrected chi connectivity index (χ2v) is 6.34. The number of aliphatic carboxylic acids is 1. The number of carboxylic acid groups (broad SMARTS) is 1. The quantitative estimate of drug-likeness (QED) is 0.363. The third-order valence-electron chi connectivity index (χ3n) is 4.12. The summed E-state index contributed by atoms with van der Waals surface area (Å²) >= 11 is 0. The summed E-state index contributed by atoms with van der Waals surface area (Å²) in [5, 5.41) is 24.3. The van der Waals surface area contributed by atoms with E-state index in [1.165, 1.54) is 0 Å². The van der Waals surface area contributed by atoms with Gasteiger partial charge >= 0.3 is 5.97 Å². The summed E-state index contributed by atoms with van der Waals surface area (Å²) in [5.41, 5.74) is 8.02. The number of nitrogens with one attached hydrogen (secondary N) is 1. The molecule has 154 valence electrons. The van der Waals surface area contributed by atoms with E-state index in [1.54, 1.807) is 46.0 Å². The van der Waals surface area contributed by atoms with E-state index in [0.717, 1.165) is 18.7 Å². The van der Waals surface area contributed by atoms with Gasteiger partial charge in [0, 0.05) is 12.7 Å². The number of hydrogen-bond acceptors (Lipinski definition) is 9. The molecule has 0 fully saturated rings. The molecule has 12 nitrogen and oxygen atoms in total. The fraction of sp³-hybridized carbons (Fsp3) is 0.222. The van der Waals surface area contributed by atoms with Crippen molar-refractivity contribution in [2.75, 3.05) is 18.5 Å². The molecule has 0 aliphatic heterocycles. The molecule has 0 aliphatic rings. The average Bonchev–Trinajstić information content (AvgIpc) is 3.37. The molecule has 3 aromatic heterocycles. The van der Waals surface area contributed by atoms with Gasteiger partial charge in [0.1, 0.15) is 5.75 Å². The van der Waals surface area contributed by atoms with E-state index in [1.807, 2.05) is 6.20 Å². The predicted octanol–water partition coefficient (Wildman–Crippen LogP) is 0.963. The molecule has 12 heteroatoms. The van der Waals surface area contributed by atoms with Gasteiger partial charge in [0.15, 0.2) is 17.8 Å². The van der Waals surface area contributed by atoms with Gasteiger partial charge in [-0.2, -0.15) is 14.8 Å². The van der Waals surface area contributed by atoms with Crippen LogP contribution in [0.5, 0.6) is 5.75 Å². The smallest absolute Gasteiger partial charge is 0.341 e. The molecule has 0 unspecified atom stereocenters. The molecule has 0 bridgehead atoms. The maximum absolute atomic E-state index is 10.6. The van der Waals surface area contributed by atoms with Crippen LogP contribution in [0.25, 0.3) is 16.9 Å². The van der Waals surface area contributed by atoms with Crippen LogP contribution in [0.15, 0.2) is 42.9 Å². The molecule has 4 aromatic rings. The van der Waals surface area contributed by atoms with Crippen molar-refractivity contribution in [2.45, 2.75) is 13.0 Å². The number of nitrogens with two attached hydrogens (primary N) is 1. The van der Waals surface area contributed by atoms with Crippen LogP contribution in [-0.4, -0.2) is 59.0 Å². The Kier molecular flexibility index (Phi) is 5.48. The van der Waals surface area contributed by atoms with Gasteiger partial charge < -0.3 is 20.9 Å². The van der Waals surface area contributed by atoms with Crippen molar-refractivity contribution in [1.29, 1.82) is 0 Å². The Morgan fingerprint density at radius 3 is 2.83 bits per heavy atom. The second kappa shape index (κ2) is 8.53. The van der Waals surface area contributed by atoms with Crippen molar-refractivity contribution >= 4 is 28.8 Å². The molecule has 0 atom stereocenters. The summed E-state index contributed by atoms with van der Waals surface area (Å²) < 4.78 is 8.51. The zero-order chi connectivity index (χ0) is 20.9. The highest BCUT2D eigenvalue weighted by Crippen LogP contribution is 2.20. The fourth-order valence-electron chi connectivity index (χ4n) is 2.72. The van der Waals surface area contributed by atoms with Crippen LogP contribution in [-0.2, 0) is 11.3 Å². The molecule has 30 heavy (non-hydrogen) atoms. The number of benzene rings is 1.